The van der Waals surface area contributed by atoms with E-state index in [1.807, 2.05) is 0 Å². The Balaban J connectivity index is 2.54. The number of benzene rings is 1. The van der Waals surface area contributed by atoms with Gasteiger partial charge in [-0.2, -0.15) is 0 Å². The largest absolute Gasteiger partial charge is 0.365 e. The van der Waals surface area contributed by atoms with Gasteiger partial charge in [-0.25, -0.2) is 22.0 Å². The van der Waals surface area contributed by atoms with E-state index in [4.69, 9.17) is 5.73 Å². The van der Waals surface area contributed by atoms with Gasteiger partial charge in [-0.3, -0.25) is 0 Å². The lowest BCUT2D eigenvalue weighted by atomic mass is 10.2. The van der Waals surface area contributed by atoms with Crippen molar-refractivity contribution in [2.24, 2.45) is 5.73 Å². The molecular weight excluding hydrogens is 243 g/mol. The van der Waals surface area contributed by atoms with Gasteiger partial charge in [0.05, 0.1) is 0 Å². The summed E-state index contributed by atoms with van der Waals surface area (Å²) in [7, 11) is 0. The van der Waals surface area contributed by atoms with E-state index in [1.54, 1.807) is 0 Å². The van der Waals surface area contributed by atoms with Crippen LogP contribution in [0.3, 0.4) is 0 Å². The van der Waals surface area contributed by atoms with Crippen LogP contribution in [0.5, 0.6) is 0 Å². The van der Waals surface area contributed by atoms with Crippen molar-refractivity contribution in [1.82, 2.24) is 0 Å². The van der Waals surface area contributed by atoms with Crippen LogP contribution in [0.4, 0.5) is 27.6 Å². The molecule has 1 aliphatic rings. The number of rotatable bonds is 1. The van der Waals surface area contributed by atoms with Crippen LogP contribution < -0.4 is 10.6 Å². The third kappa shape index (κ3) is 1.84. The van der Waals surface area contributed by atoms with Gasteiger partial charge in [-0.1, -0.05) is 0 Å². The third-order valence-electron chi connectivity index (χ3n) is 2.73. The van der Waals surface area contributed by atoms with Crippen molar-refractivity contribution in [1.29, 1.82) is 0 Å². The Hall–Kier alpha value is -1.37. The lowest BCUT2D eigenvalue weighted by Crippen LogP contribution is -2.28. The Morgan fingerprint density at radius 3 is 1.76 bits per heavy atom. The first-order valence-electron chi connectivity index (χ1n) is 4.95. The van der Waals surface area contributed by atoms with E-state index < -0.39 is 34.8 Å². The highest BCUT2D eigenvalue weighted by Gasteiger charge is 2.31. The van der Waals surface area contributed by atoms with Gasteiger partial charge in [0.2, 0.25) is 5.82 Å². The molecule has 1 saturated heterocycles. The number of hydrogen-bond acceptors (Lipinski definition) is 2. The number of hydrogen-bond donors (Lipinski definition) is 1. The maximum absolute atomic E-state index is 13.4. The molecule has 0 aliphatic carbocycles. The molecule has 1 unspecified atom stereocenters. The molecule has 0 spiro atoms. The van der Waals surface area contributed by atoms with Gasteiger partial charge < -0.3 is 10.6 Å². The van der Waals surface area contributed by atoms with Crippen molar-refractivity contribution in [3.63, 3.8) is 0 Å². The van der Waals surface area contributed by atoms with E-state index in [-0.39, 0.29) is 19.1 Å². The fraction of sp³-hybridized carbons (Fsp3) is 0.400. The SMILES string of the molecule is NC1CCN(c2c(F)c(F)c(F)c(F)c2F)C1. The van der Waals surface area contributed by atoms with Gasteiger partial charge in [0.15, 0.2) is 23.3 Å². The smallest absolute Gasteiger partial charge is 0.200 e. The monoisotopic (exact) mass is 252 g/mol. The lowest BCUT2D eigenvalue weighted by Gasteiger charge is -2.20. The normalized spacial score (nSPS) is 20.1. The second-order valence-electron chi connectivity index (χ2n) is 3.91. The van der Waals surface area contributed by atoms with E-state index in [0.717, 1.165) is 4.90 Å². The molecule has 0 saturated carbocycles. The first kappa shape index (κ1) is 12.1. The molecule has 0 bridgehead atoms. The molecule has 0 amide bonds. The quantitative estimate of drug-likeness (QED) is 0.470. The lowest BCUT2D eigenvalue weighted by molar-refractivity contribution is 0.379. The van der Waals surface area contributed by atoms with Gasteiger partial charge in [0, 0.05) is 19.1 Å². The predicted molar refractivity (Wildman–Crippen MR) is 51.0 cm³/mol. The molecule has 1 heterocycles. The average molecular weight is 252 g/mol. The van der Waals surface area contributed by atoms with Gasteiger partial charge in [0.25, 0.3) is 0 Å². The molecule has 1 aliphatic heterocycles. The fourth-order valence-corrected chi connectivity index (χ4v) is 1.86. The molecule has 94 valence electrons. The number of nitrogens with zero attached hydrogens (tertiary/aromatic N) is 1. The Morgan fingerprint density at radius 2 is 1.35 bits per heavy atom. The molecule has 17 heavy (non-hydrogen) atoms. The van der Waals surface area contributed by atoms with Gasteiger partial charge in [0.1, 0.15) is 5.69 Å². The van der Waals surface area contributed by atoms with Crippen molar-refractivity contribution < 1.29 is 22.0 Å². The highest BCUT2D eigenvalue weighted by molar-refractivity contribution is 5.51. The molecule has 7 heteroatoms. The Bertz CT molecular complexity index is 433. The summed E-state index contributed by atoms with van der Waals surface area (Å²) in [5, 5.41) is 0. The summed E-state index contributed by atoms with van der Waals surface area (Å²) >= 11 is 0. The minimum Gasteiger partial charge on any atom is -0.365 e. The minimum absolute atomic E-state index is 0.0678. The molecule has 1 fully saturated rings. The van der Waals surface area contributed by atoms with Gasteiger partial charge in [-0.05, 0) is 6.42 Å². The van der Waals surface area contributed by atoms with Crippen molar-refractivity contribution in [3.8, 4) is 0 Å². The molecule has 1 atom stereocenters. The van der Waals surface area contributed by atoms with E-state index in [9.17, 15) is 22.0 Å². The highest BCUT2D eigenvalue weighted by atomic mass is 19.2. The van der Waals surface area contributed by atoms with Gasteiger partial charge >= 0.3 is 0 Å². The summed E-state index contributed by atoms with van der Waals surface area (Å²) in [6, 6.07) is -0.329. The van der Waals surface area contributed by atoms with Crippen LogP contribution in [0.2, 0.25) is 0 Å². The summed E-state index contributed by atoms with van der Waals surface area (Å²) in [6.07, 6.45) is 0.444. The first-order chi connectivity index (χ1) is 7.93. The maximum Gasteiger partial charge on any atom is 0.200 e. The van der Waals surface area contributed by atoms with E-state index in [1.165, 1.54) is 0 Å². The molecular formula is C10H9F5N2. The molecule has 2 N–H and O–H groups in total. The topological polar surface area (TPSA) is 29.3 Å². The molecule has 2 nitrogen and oxygen atoms in total. The van der Waals surface area contributed by atoms with Crippen LogP contribution in [-0.2, 0) is 0 Å². The molecule has 1 aromatic rings. The first-order valence-corrected chi connectivity index (χ1v) is 4.95. The van der Waals surface area contributed by atoms with Crippen LogP contribution in [0.15, 0.2) is 0 Å². The van der Waals surface area contributed by atoms with Crippen LogP contribution in [0.25, 0.3) is 0 Å². The summed E-state index contributed by atoms with van der Waals surface area (Å²) in [4.78, 5) is 1.07. The molecule has 1 aromatic carbocycles. The van der Waals surface area contributed by atoms with Crippen molar-refractivity contribution >= 4 is 5.69 Å². The second-order valence-corrected chi connectivity index (χ2v) is 3.91. The maximum atomic E-state index is 13.4. The number of halogens is 5. The summed E-state index contributed by atoms with van der Waals surface area (Å²) in [6.45, 7) is 0.234. The second kappa shape index (κ2) is 4.14. The zero-order chi connectivity index (χ0) is 12.7. The average Bonchev–Trinajstić information content (AvgIpc) is 2.71. The van der Waals surface area contributed by atoms with Crippen LogP contribution in [0, 0.1) is 29.1 Å². The number of nitrogens with two attached hydrogens (primary N) is 1. The zero-order valence-corrected chi connectivity index (χ0v) is 8.61. The van der Waals surface area contributed by atoms with E-state index in [2.05, 4.69) is 0 Å². The molecule has 0 aromatic heterocycles. The Kier molecular flexibility index (Phi) is 2.94. The summed E-state index contributed by atoms with van der Waals surface area (Å²) < 4.78 is 65.4. The highest BCUT2D eigenvalue weighted by Crippen LogP contribution is 2.31. The standard InChI is InChI=1S/C10H9F5N2/c11-5-6(12)8(14)10(9(15)7(5)13)17-2-1-4(16)3-17/h4H,1-3,16H2. The fourth-order valence-electron chi connectivity index (χ4n) is 1.86. The Labute approximate surface area is 93.8 Å². The predicted octanol–water partition coefficient (Wildman–Crippen LogP) is 1.92. The zero-order valence-electron chi connectivity index (χ0n) is 8.61. The third-order valence-corrected chi connectivity index (χ3v) is 2.73. The van der Waals surface area contributed by atoms with E-state index in [0.29, 0.717) is 6.42 Å². The van der Waals surface area contributed by atoms with Crippen LogP contribution in [-0.4, -0.2) is 19.1 Å². The van der Waals surface area contributed by atoms with Crippen molar-refractivity contribution in [2.75, 3.05) is 18.0 Å². The van der Waals surface area contributed by atoms with Crippen LogP contribution >= 0.6 is 0 Å². The molecule has 0 radical (unpaired) electrons. The number of anilines is 1. The minimum atomic E-state index is -2.15. The van der Waals surface area contributed by atoms with Crippen LogP contribution in [0.1, 0.15) is 6.42 Å². The van der Waals surface area contributed by atoms with Gasteiger partial charge in [-0.15, -0.1) is 0 Å². The summed E-state index contributed by atoms with van der Waals surface area (Å²) in [5.41, 5.74) is 4.63. The van der Waals surface area contributed by atoms with Crippen molar-refractivity contribution in [3.05, 3.63) is 29.1 Å². The van der Waals surface area contributed by atoms with Crippen molar-refractivity contribution in [2.45, 2.75) is 12.5 Å². The molecule has 2 rings (SSSR count). The summed E-state index contributed by atoms with van der Waals surface area (Å²) in [5.74, 6) is -9.63. The van der Waals surface area contributed by atoms with E-state index >= 15 is 0 Å². The Morgan fingerprint density at radius 1 is 0.882 bits per heavy atom.